The van der Waals surface area contributed by atoms with Crippen molar-refractivity contribution in [2.45, 2.75) is 96.2 Å². The van der Waals surface area contributed by atoms with Gasteiger partial charge in [0.2, 0.25) is 11.8 Å². The van der Waals surface area contributed by atoms with E-state index < -0.39 is 0 Å². The first-order valence-electron chi connectivity index (χ1n) is 13.8. The van der Waals surface area contributed by atoms with Crippen LogP contribution in [-0.2, 0) is 31.3 Å². The standard InChI is InChI=1S/C30H43N3O4S/c1-5-6-12-29(36)37-21-23-14-13-22(2)20-25(23)32-28(35)11-7-10-27(34)31-24-15-17-30(18-16-24,33(3)4)26-9-8-19-38-26/h8-9,13-14,19-20,24H,5-7,10-12,15-18,21H2,1-4H3,(H,31,34)(H,32,35). The fourth-order valence-corrected chi connectivity index (χ4v) is 6.17. The highest BCUT2D eigenvalue weighted by Crippen LogP contribution is 2.43. The normalized spacial score (nSPS) is 19.2. The maximum absolute atomic E-state index is 12.6. The Morgan fingerprint density at radius 2 is 1.79 bits per heavy atom. The molecule has 2 aromatic rings. The molecule has 2 N–H and O–H groups in total. The van der Waals surface area contributed by atoms with Gasteiger partial charge in [-0.1, -0.05) is 31.5 Å². The van der Waals surface area contributed by atoms with E-state index in [4.69, 9.17) is 4.74 Å². The Kier molecular flexibility index (Phi) is 11.3. The van der Waals surface area contributed by atoms with E-state index in [0.717, 1.165) is 49.7 Å². The lowest BCUT2D eigenvalue weighted by molar-refractivity contribution is -0.145. The van der Waals surface area contributed by atoms with Crippen molar-refractivity contribution in [1.29, 1.82) is 0 Å². The highest BCUT2D eigenvalue weighted by atomic mass is 32.1. The summed E-state index contributed by atoms with van der Waals surface area (Å²) in [6.45, 7) is 4.11. The summed E-state index contributed by atoms with van der Waals surface area (Å²) in [5, 5.41) is 8.26. The highest BCUT2D eigenvalue weighted by molar-refractivity contribution is 7.10. The number of thiophene rings is 1. The van der Waals surface area contributed by atoms with E-state index in [1.165, 1.54) is 4.88 Å². The van der Waals surface area contributed by atoms with Gasteiger partial charge < -0.3 is 15.4 Å². The minimum absolute atomic E-state index is 0.00603. The number of carbonyl (C=O) groups excluding carboxylic acids is 3. The van der Waals surface area contributed by atoms with Crippen LogP contribution in [0.4, 0.5) is 5.69 Å². The van der Waals surface area contributed by atoms with Gasteiger partial charge in [0, 0.05) is 41.4 Å². The average molecular weight is 542 g/mol. The van der Waals surface area contributed by atoms with Crippen molar-refractivity contribution in [1.82, 2.24) is 10.2 Å². The van der Waals surface area contributed by atoms with Gasteiger partial charge in [-0.2, -0.15) is 0 Å². The van der Waals surface area contributed by atoms with Crippen LogP contribution in [0.5, 0.6) is 0 Å². The third-order valence-electron chi connectivity index (χ3n) is 7.48. The molecule has 7 nitrogen and oxygen atoms in total. The predicted octanol–water partition coefficient (Wildman–Crippen LogP) is 5.91. The molecule has 0 bridgehead atoms. The van der Waals surface area contributed by atoms with E-state index >= 15 is 0 Å². The first-order chi connectivity index (χ1) is 18.2. The Hall–Kier alpha value is -2.71. The first kappa shape index (κ1) is 29.8. The second-order valence-electron chi connectivity index (χ2n) is 10.6. The Morgan fingerprint density at radius 1 is 1.05 bits per heavy atom. The lowest BCUT2D eigenvalue weighted by atomic mass is 9.77. The van der Waals surface area contributed by atoms with E-state index in [1.54, 1.807) is 11.3 Å². The van der Waals surface area contributed by atoms with E-state index in [1.807, 2.05) is 32.0 Å². The number of esters is 1. The lowest BCUT2D eigenvalue weighted by Gasteiger charge is -2.44. The molecule has 0 unspecified atom stereocenters. The van der Waals surface area contributed by atoms with Gasteiger partial charge in [-0.25, -0.2) is 0 Å². The molecular weight excluding hydrogens is 498 g/mol. The largest absolute Gasteiger partial charge is 0.461 e. The maximum atomic E-state index is 12.6. The summed E-state index contributed by atoms with van der Waals surface area (Å²) < 4.78 is 5.38. The summed E-state index contributed by atoms with van der Waals surface area (Å²) in [4.78, 5) is 40.8. The number of carbonyl (C=O) groups is 3. The molecule has 208 valence electrons. The van der Waals surface area contributed by atoms with Crippen LogP contribution in [0.15, 0.2) is 35.7 Å². The molecule has 1 aromatic heterocycles. The van der Waals surface area contributed by atoms with Crippen molar-refractivity contribution in [3.8, 4) is 0 Å². The lowest BCUT2D eigenvalue weighted by Crippen LogP contribution is -2.48. The number of ether oxygens (including phenoxy) is 1. The van der Waals surface area contributed by atoms with Gasteiger partial charge in [0.25, 0.3) is 0 Å². The summed E-state index contributed by atoms with van der Waals surface area (Å²) in [5.74, 6) is -0.370. The van der Waals surface area contributed by atoms with E-state index in [-0.39, 0.29) is 42.4 Å². The molecular formula is C30H43N3O4S. The van der Waals surface area contributed by atoms with Crippen molar-refractivity contribution in [2.75, 3.05) is 19.4 Å². The van der Waals surface area contributed by atoms with Crippen molar-refractivity contribution < 1.29 is 19.1 Å². The molecule has 3 rings (SSSR count). The number of amides is 2. The van der Waals surface area contributed by atoms with Gasteiger partial charge >= 0.3 is 5.97 Å². The highest BCUT2D eigenvalue weighted by Gasteiger charge is 2.39. The fraction of sp³-hybridized carbons (Fsp3) is 0.567. The minimum atomic E-state index is -0.229. The predicted molar refractivity (Wildman–Crippen MR) is 153 cm³/mol. The number of unbranched alkanes of at least 4 members (excludes halogenated alkanes) is 1. The van der Waals surface area contributed by atoms with Crippen LogP contribution >= 0.6 is 11.3 Å². The number of nitrogens with one attached hydrogen (secondary N) is 2. The van der Waals surface area contributed by atoms with Gasteiger partial charge in [0.15, 0.2) is 0 Å². The molecule has 0 aliphatic heterocycles. The summed E-state index contributed by atoms with van der Waals surface area (Å²) in [6, 6.07) is 10.2. The topological polar surface area (TPSA) is 87.7 Å². The fourth-order valence-electron chi connectivity index (χ4n) is 5.10. The zero-order valence-corrected chi connectivity index (χ0v) is 24.1. The molecule has 1 aliphatic carbocycles. The van der Waals surface area contributed by atoms with Crippen LogP contribution in [0, 0.1) is 6.92 Å². The molecule has 2 amide bonds. The molecule has 0 atom stereocenters. The Bertz CT molecular complexity index is 1060. The van der Waals surface area contributed by atoms with Crippen LogP contribution in [0.3, 0.4) is 0 Å². The van der Waals surface area contributed by atoms with Crippen molar-refractivity contribution >= 4 is 34.8 Å². The van der Waals surface area contributed by atoms with E-state index in [2.05, 4.69) is 47.1 Å². The third-order valence-corrected chi connectivity index (χ3v) is 8.55. The van der Waals surface area contributed by atoms with Crippen LogP contribution < -0.4 is 10.6 Å². The summed E-state index contributed by atoms with van der Waals surface area (Å²) in [6.07, 6.45) is 7.12. The number of hydrogen-bond acceptors (Lipinski definition) is 6. The Labute approximate surface area is 231 Å². The number of anilines is 1. The van der Waals surface area contributed by atoms with Crippen LogP contribution in [-0.4, -0.2) is 42.8 Å². The summed E-state index contributed by atoms with van der Waals surface area (Å²) >= 11 is 1.81. The van der Waals surface area contributed by atoms with Gasteiger partial charge in [-0.3, -0.25) is 19.3 Å². The van der Waals surface area contributed by atoms with Gasteiger partial charge in [0.1, 0.15) is 6.61 Å². The molecule has 1 aliphatic rings. The molecule has 1 saturated carbocycles. The third kappa shape index (κ3) is 8.40. The SMILES string of the molecule is CCCCC(=O)OCc1ccc(C)cc1NC(=O)CCCC(=O)NC1CCC(c2cccs2)(N(C)C)CC1. The number of benzene rings is 1. The maximum Gasteiger partial charge on any atom is 0.306 e. The van der Waals surface area contributed by atoms with Gasteiger partial charge in [-0.15, -0.1) is 11.3 Å². The zero-order valence-electron chi connectivity index (χ0n) is 23.3. The summed E-state index contributed by atoms with van der Waals surface area (Å²) in [7, 11) is 4.28. The number of rotatable bonds is 13. The number of hydrogen-bond donors (Lipinski definition) is 2. The molecule has 8 heteroatoms. The van der Waals surface area contributed by atoms with Crippen LogP contribution in [0.1, 0.15) is 87.1 Å². The van der Waals surface area contributed by atoms with Crippen LogP contribution in [0.2, 0.25) is 0 Å². The second kappa shape index (κ2) is 14.4. The van der Waals surface area contributed by atoms with Crippen molar-refractivity contribution in [3.05, 3.63) is 51.7 Å². The molecule has 0 saturated heterocycles. The number of aryl methyl sites for hydroxylation is 1. The van der Waals surface area contributed by atoms with Crippen LogP contribution in [0.25, 0.3) is 0 Å². The molecule has 1 aromatic carbocycles. The minimum Gasteiger partial charge on any atom is -0.461 e. The van der Waals surface area contributed by atoms with E-state index in [9.17, 15) is 14.4 Å². The monoisotopic (exact) mass is 541 g/mol. The average Bonchev–Trinajstić information content (AvgIpc) is 3.43. The van der Waals surface area contributed by atoms with E-state index in [0.29, 0.717) is 24.9 Å². The molecule has 0 spiro atoms. The zero-order chi connectivity index (χ0) is 27.5. The van der Waals surface area contributed by atoms with Crippen molar-refractivity contribution in [2.24, 2.45) is 0 Å². The van der Waals surface area contributed by atoms with Gasteiger partial charge in [0.05, 0.1) is 5.54 Å². The Balaban J connectivity index is 1.41. The molecule has 0 radical (unpaired) electrons. The smallest absolute Gasteiger partial charge is 0.306 e. The molecule has 1 heterocycles. The molecule has 1 fully saturated rings. The Morgan fingerprint density at radius 3 is 2.45 bits per heavy atom. The van der Waals surface area contributed by atoms with Crippen molar-refractivity contribution in [3.63, 3.8) is 0 Å². The summed E-state index contributed by atoms with van der Waals surface area (Å²) in [5.41, 5.74) is 2.47. The molecule has 38 heavy (non-hydrogen) atoms. The quantitative estimate of drug-likeness (QED) is 0.308. The van der Waals surface area contributed by atoms with Gasteiger partial charge in [-0.05, 0) is 82.6 Å². The first-order valence-corrected chi connectivity index (χ1v) is 14.7. The number of nitrogens with zero attached hydrogens (tertiary/aromatic N) is 1. The second-order valence-corrected chi connectivity index (χ2v) is 11.5.